The van der Waals surface area contributed by atoms with Crippen LogP contribution in [0.1, 0.15) is 19.3 Å². The summed E-state index contributed by atoms with van der Waals surface area (Å²) >= 11 is 0. The Balaban J connectivity index is 2.68. The van der Waals surface area contributed by atoms with Crippen LogP contribution >= 0.6 is 0 Å². The van der Waals surface area contributed by atoms with Crippen LogP contribution in [0.3, 0.4) is 0 Å². The number of nitrogens with one attached hydrogen (secondary N) is 1. The summed E-state index contributed by atoms with van der Waals surface area (Å²) in [5.41, 5.74) is 4.90. The van der Waals surface area contributed by atoms with E-state index in [1.807, 2.05) is 0 Å². The van der Waals surface area contributed by atoms with Gasteiger partial charge in [0.05, 0.1) is 5.41 Å². The monoisotopic (exact) mass is 260 g/mol. The fourth-order valence-corrected chi connectivity index (χ4v) is 1.98. The summed E-state index contributed by atoms with van der Waals surface area (Å²) in [4.78, 5) is 23.1. The van der Waals surface area contributed by atoms with Gasteiger partial charge in [-0.15, -0.1) is 0 Å². The minimum atomic E-state index is -1.16. The number of nitrogens with two attached hydrogens (primary N) is 1. The van der Waals surface area contributed by atoms with Crippen LogP contribution in [-0.4, -0.2) is 54.5 Å². The Morgan fingerprint density at radius 2 is 2.00 bits per heavy atom. The quantitative estimate of drug-likeness (QED) is 0.470. The first-order valence-electron chi connectivity index (χ1n) is 5.98. The Morgan fingerprint density at radius 1 is 1.39 bits per heavy atom. The minimum Gasteiger partial charge on any atom is -0.480 e. The number of hydrogen-bond donors (Lipinski definition) is 4. The van der Waals surface area contributed by atoms with E-state index in [1.165, 1.54) is 0 Å². The molecule has 0 radical (unpaired) electrons. The third-order valence-electron chi connectivity index (χ3n) is 3.34. The van der Waals surface area contributed by atoms with Gasteiger partial charge in [-0.1, -0.05) is 0 Å². The number of carboxylic acids is 1. The van der Waals surface area contributed by atoms with E-state index < -0.39 is 17.4 Å². The molecule has 0 aromatic carbocycles. The molecule has 1 amide bonds. The maximum absolute atomic E-state index is 12.1. The number of aliphatic carboxylic acids is 1. The number of carbonyl (C=O) groups is 2. The molecule has 5 N–H and O–H groups in total. The normalized spacial score (nSPS) is 20.1. The Hall–Kier alpha value is -1.18. The Bertz CT molecular complexity index is 302. The van der Waals surface area contributed by atoms with Gasteiger partial charge in [0.1, 0.15) is 6.04 Å². The molecule has 1 fully saturated rings. The third kappa shape index (κ3) is 3.41. The molecular weight excluding hydrogens is 240 g/mol. The maximum Gasteiger partial charge on any atom is 0.326 e. The lowest BCUT2D eigenvalue weighted by molar-refractivity contribution is -0.146. The summed E-state index contributed by atoms with van der Waals surface area (Å²) in [6.07, 6.45) is 0.958. The average Bonchev–Trinajstić information content (AvgIpc) is 2.38. The molecule has 0 aromatic rings. The van der Waals surface area contributed by atoms with Crippen LogP contribution in [0, 0.1) is 5.41 Å². The molecule has 7 heteroatoms. The Kier molecular flexibility index (Phi) is 5.52. The lowest BCUT2D eigenvalue weighted by Gasteiger charge is -2.35. The number of rotatable bonds is 6. The van der Waals surface area contributed by atoms with Crippen molar-refractivity contribution in [1.29, 1.82) is 0 Å². The van der Waals surface area contributed by atoms with E-state index in [1.54, 1.807) is 0 Å². The maximum atomic E-state index is 12.1. The molecule has 0 aromatic heterocycles. The van der Waals surface area contributed by atoms with Crippen molar-refractivity contribution in [3.63, 3.8) is 0 Å². The zero-order chi connectivity index (χ0) is 13.6. The molecule has 1 saturated heterocycles. The zero-order valence-electron chi connectivity index (χ0n) is 10.2. The Morgan fingerprint density at radius 3 is 2.44 bits per heavy atom. The van der Waals surface area contributed by atoms with Gasteiger partial charge in [-0.2, -0.15) is 0 Å². The zero-order valence-corrected chi connectivity index (χ0v) is 10.2. The molecule has 7 nitrogen and oxygen atoms in total. The highest BCUT2D eigenvalue weighted by atomic mass is 16.5. The largest absolute Gasteiger partial charge is 0.480 e. The molecule has 0 saturated carbocycles. The van der Waals surface area contributed by atoms with Crippen LogP contribution in [-0.2, 0) is 14.3 Å². The second-order valence-corrected chi connectivity index (χ2v) is 4.47. The van der Waals surface area contributed by atoms with Gasteiger partial charge in [0, 0.05) is 32.8 Å². The standard InChI is InChI=1S/C11H20N2O5/c12-7-11(2-5-18-6-3-11)10(17)13-8(1-4-14)9(15)16/h8,14H,1-7,12H2,(H,13,17)(H,15,16)/t8-/m0/s1. The third-order valence-corrected chi connectivity index (χ3v) is 3.34. The highest BCUT2D eigenvalue weighted by molar-refractivity contribution is 5.87. The van der Waals surface area contributed by atoms with Crippen molar-refractivity contribution in [2.75, 3.05) is 26.4 Å². The number of ether oxygens (including phenoxy) is 1. The number of carbonyl (C=O) groups excluding carboxylic acids is 1. The van der Waals surface area contributed by atoms with Crippen LogP contribution in [0.15, 0.2) is 0 Å². The summed E-state index contributed by atoms with van der Waals surface area (Å²) in [7, 11) is 0. The first kappa shape index (κ1) is 14.9. The van der Waals surface area contributed by atoms with E-state index in [-0.39, 0.29) is 25.5 Å². The van der Waals surface area contributed by atoms with Gasteiger partial charge < -0.3 is 26.0 Å². The smallest absolute Gasteiger partial charge is 0.326 e. The molecule has 0 unspecified atom stereocenters. The fourth-order valence-electron chi connectivity index (χ4n) is 1.98. The Labute approximate surface area is 105 Å². The van der Waals surface area contributed by atoms with Crippen molar-refractivity contribution < 1.29 is 24.5 Å². The first-order chi connectivity index (χ1) is 8.55. The molecular formula is C11H20N2O5. The summed E-state index contributed by atoms with van der Waals surface area (Å²) in [5.74, 6) is -1.52. The van der Waals surface area contributed by atoms with Crippen molar-refractivity contribution in [2.45, 2.75) is 25.3 Å². The summed E-state index contributed by atoms with van der Waals surface area (Å²) < 4.78 is 5.18. The molecule has 1 rings (SSSR count). The van der Waals surface area contributed by atoms with Crippen molar-refractivity contribution in [3.05, 3.63) is 0 Å². The summed E-state index contributed by atoms with van der Waals surface area (Å²) in [5, 5.41) is 20.1. The highest BCUT2D eigenvalue weighted by Gasteiger charge is 2.40. The van der Waals surface area contributed by atoms with E-state index in [2.05, 4.69) is 5.32 Å². The second kappa shape index (κ2) is 6.67. The van der Waals surface area contributed by atoms with Gasteiger partial charge in [0.15, 0.2) is 0 Å². The van der Waals surface area contributed by atoms with Crippen LogP contribution in [0.25, 0.3) is 0 Å². The van der Waals surface area contributed by atoms with Crippen LogP contribution < -0.4 is 11.1 Å². The van der Waals surface area contributed by atoms with Gasteiger partial charge in [-0.05, 0) is 12.8 Å². The van der Waals surface area contributed by atoms with Crippen LogP contribution in [0.2, 0.25) is 0 Å². The lowest BCUT2D eigenvalue weighted by Crippen LogP contribution is -2.53. The highest BCUT2D eigenvalue weighted by Crippen LogP contribution is 2.29. The summed E-state index contributed by atoms with van der Waals surface area (Å²) in [6, 6.07) is -1.08. The van der Waals surface area contributed by atoms with E-state index in [4.69, 9.17) is 20.7 Å². The van der Waals surface area contributed by atoms with Gasteiger partial charge in [-0.25, -0.2) is 4.79 Å². The number of aliphatic hydroxyl groups excluding tert-OH is 1. The van der Waals surface area contributed by atoms with Crippen molar-refractivity contribution >= 4 is 11.9 Å². The van der Waals surface area contributed by atoms with E-state index >= 15 is 0 Å². The molecule has 1 aliphatic rings. The van der Waals surface area contributed by atoms with Crippen LogP contribution in [0.4, 0.5) is 0 Å². The number of aliphatic hydroxyl groups is 1. The lowest BCUT2D eigenvalue weighted by atomic mass is 9.79. The van der Waals surface area contributed by atoms with Gasteiger partial charge in [-0.3, -0.25) is 4.79 Å². The number of hydrogen-bond acceptors (Lipinski definition) is 5. The van der Waals surface area contributed by atoms with Crippen LogP contribution in [0.5, 0.6) is 0 Å². The fraction of sp³-hybridized carbons (Fsp3) is 0.818. The molecule has 0 spiro atoms. The van der Waals surface area contributed by atoms with Gasteiger partial charge in [0.25, 0.3) is 0 Å². The van der Waals surface area contributed by atoms with Gasteiger partial charge in [0.2, 0.25) is 5.91 Å². The van der Waals surface area contributed by atoms with E-state index in [0.29, 0.717) is 26.1 Å². The van der Waals surface area contributed by atoms with E-state index in [0.717, 1.165) is 0 Å². The predicted octanol–water partition coefficient (Wildman–Crippen LogP) is -1.31. The first-order valence-corrected chi connectivity index (χ1v) is 5.98. The number of amides is 1. The predicted molar refractivity (Wildman–Crippen MR) is 62.8 cm³/mol. The minimum absolute atomic E-state index is 0.0157. The topological polar surface area (TPSA) is 122 Å². The molecule has 0 aliphatic carbocycles. The molecule has 104 valence electrons. The molecule has 0 bridgehead atoms. The van der Waals surface area contributed by atoms with Crippen molar-refractivity contribution in [3.8, 4) is 0 Å². The van der Waals surface area contributed by atoms with Crippen molar-refractivity contribution in [1.82, 2.24) is 5.32 Å². The SMILES string of the molecule is NCC1(C(=O)N[C@@H](CCO)C(=O)O)CCOCC1. The molecule has 1 atom stereocenters. The van der Waals surface area contributed by atoms with E-state index in [9.17, 15) is 9.59 Å². The number of carboxylic acid groups (broad SMARTS) is 1. The van der Waals surface area contributed by atoms with Gasteiger partial charge >= 0.3 is 5.97 Å². The average molecular weight is 260 g/mol. The summed E-state index contributed by atoms with van der Waals surface area (Å²) in [6.45, 7) is 0.758. The molecule has 1 heterocycles. The second-order valence-electron chi connectivity index (χ2n) is 4.47. The van der Waals surface area contributed by atoms with Crippen molar-refractivity contribution in [2.24, 2.45) is 11.1 Å². The molecule has 1 aliphatic heterocycles. The molecule has 18 heavy (non-hydrogen) atoms.